The van der Waals surface area contributed by atoms with Gasteiger partial charge in [0.2, 0.25) is 0 Å². The number of hydrogen-bond acceptors (Lipinski definition) is 5. The number of carbonyl (C=O) groups excluding carboxylic acids is 2. The van der Waals surface area contributed by atoms with Gasteiger partial charge in [0, 0.05) is 17.2 Å². The molecule has 11 heteroatoms. The number of carbonyl (C=O) groups is 2. The number of benzene rings is 3. The number of aldehydes is 1. The molecular formula is C26H21F5N2O4. The van der Waals surface area contributed by atoms with Crippen molar-refractivity contribution in [3.05, 3.63) is 87.5 Å². The minimum atomic E-state index is -4.88. The van der Waals surface area contributed by atoms with Crippen molar-refractivity contribution in [2.45, 2.75) is 19.1 Å². The average Bonchev–Trinajstić information content (AvgIpc) is 2.85. The highest BCUT2D eigenvalue weighted by Crippen LogP contribution is 2.44. The highest BCUT2D eigenvalue weighted by molar-refractivity contribution is 6.06. The molecule has 6 nitrogen and oxygen atoms in total. The van der Waals surface area contributed by atoms with Crippen molar-refractivity contribution in [2.24, 2.45) is 0 Å². The number of aryl methyl sites for hydroxylation is 1. The van der Waals surface area contributed by atoms with Crippen LogP contribution in [0.3, 0.4) is 0 Å². The molecule has 1 amide bonds. The van der Waals surface area contributed by atoms with Crippen molar-refractivity contribution in [1.82, 2.24) is 5.32 Å². The standard InChI is InChI=1S/C26H21F5N2O4/c1-13-3-4-16(27)10-18(13)23(32-2)22-19(12-34)24-21(36-5-6-37-24)11-20(22)33-25(35)14-7-15(26(29,30)31)9-17(28)8-14/h3-4,7-12,23,32H,5-6H2,1-2H3,(H,33,35). The number of halogens is 5. The Bertz CT molecular complexity index is 1370. The third-order valence-electron chi connectivity index (χ3n) is 5.89. The predicted octanol–water partition coefficient (Wildman–Crippen LogP) is 5.44. The van der Waals surface area contributed by atoms with Crippen molar-refractivity contribution < 1.29 is 41.0 Å². The Morgan fingerprint density at radius 2 is 1.76 bits per heavy atom. The fourth-order valence-corrected chi connectivity index (χ4v) is 4.21. The monoisotopic (exact) mass is 520 g/mol. The summed E-state index contributed by atoms with van der Waals surface area (Å²) in [5.41, 5.74) is -0.701. The van der Waals surface area contributed by atoms with Crippen LogP contribution in [0.15, 0.2) is 42.5 Å². The van der Waals surface area contributed by atoms with Crippen LogP contribution in [0.4, 0.5) is 27.6 Å². The second-order valence-electron chi connectivity index (χ2n) is 8.30. The Morgan fingerprint density at radius 1 is 1.03 bits per heavy atom. The first kappa shape index (κ1) is 26.1. The first-order chi connectivity index (χ1) is 17.5. The quantitative estimate of drug-likeness (QED) is 0.335. The molecule has 194 valence electrons. The van der Waals surface area contributed by atoms with E-state index in [-0.39, 0.29) is 47.6 Å². The number of fused-ring (bicyclic) bond motifs is 1. The molecule has 0 aromatic heterocycles. The van der Waals surface area contributed by atoms with Gasteiger partial charge in [-0.2, -0.15) is 13.2 Å². The molecule has 0 saturated heterocycles. The van der Waals surface area contributed by atoms with E-state index in [9.17, 15) is 31.5 Å². The van der Waals surface area contributed by atoms with E-state index in [4.69, 9.17) is 9.47 Å². The fourth-order valence-electron chi connectivity index (χ4n) is 4.21. The average molecular weight is 520 g/mol. The van der Waals surface area contributed by atoms with Crippen LogP contribution in [0, 0.1) is 18.6 Å². The smallest absolute Gasteiger partial charge is 0.416 e. The molecule has 1 aliphatic heterocycles. The van der Waals surface area contributed by atoms with Crippen LogP contribution in [0.2, 0.25) is 0 Å². The molecule has 4 rings (SSSR count). The van der Waals surface area contributed by atoms with E-state index < -0.39 is 40.9 Å². The molecule has 0 radical (unpaired) electrons. The molecule has 37 heavy (non-hydrogen) atoms. The lowest BCUT2D eigenvalue weighted by molar-refractivity contribution is -0.137. The molecule has 1 unspecified atom stereocenters. The fraction of sp³-hybridized carbons (Fsp3) is 0.231. The van der Waals surface area contributed by atoms with Crippen molar-refractivity contribution in [1.29, 1.82) is 0 Å². The number of anilines is 1. The third-order valence-corrected chi connectivity index (χ3v) is 5.89. The Labute approximate surface area is 208 Å². The maximum atomic E-state index is 14.2. The minimum Gasteiger partial charge on any atom is -0.486 e. The van der Waals surface area contributed by atoms with Gasteiger partial charge >= 0.3 is 6.18 Å². The summed E-state index contributed by atoms with van der Waals surface area (Å²) in [6, 6.07) is 6.02. The number of nitrogens with one attached hydrogen (secondary N) is 2. The molecular weight excluding hydrogens is 499 g/mol. The summed E-state index contributed by atoms with van der Waals surface area (Å²) in [5, 5.41) is 5.47. The number of ether oxygens (including phenoxy) is 2. The largest absolute Gasteiger partial charge is 0.486 e. The zero-order valence-electron chi connectivity index (χ0n) is 19.6. The van der Waals surface area contributed by atoms with Gasteiger partial charge in [-0.1, -0.05) is 6.07 Å². The summed E-state index contributed by atoms with van der Waals surface area (Å²) in [7, 11) is 1.55. The van der Waals surface area contributed by atoms with Crippen LogP contribution in [0.1, 0.15) is 49.0 Å². The van der Waals surface area contributed by atoms with Gasteiger partial charge in [0.1, 0.15) is 24.8 Å². The van der Waals surface area contributed by atoms with Gasteiger partial charge in [-0.25, -0.2) is 8.78 Å². The number of rotatable bonds is 6. The van der Waals surface area contributed by atoms with E-state index in [1.807, 2.05) is 0 Å². The van der Waals surface area contributed by atoms with E-state index in [1.165, 1.54) is 24.3 Å². The number of amides is 1. The van der Waals surface area contributed by atoms with Gasteiger partial charge < -0.3 is 20.1 Å². The lowest BCUT2D eigenvalue weighted by atomic mass is 9.89. The van der Waals surface area contributed by atoms with Crippen LogP contribution in [0.25, 0.3) is 0 Å². The molecule has 1 aliphatic rings. The van der Waals surface area contributed by atoms with Crippen molar-refractivity contribution in [2.75, 3.05) is 25.6 Å². The third kappa shape index (κ3) is 5.26. The Hall–Kier alpha value is -3.99. The van der Waals surface area contributed by atoms with Crippen molar-refractivity contribution >= 4 is 17.9 Å². The van der Waals surface area contributed by atoms with Gasteiger partial charge in [0.05, 0.1) is 22.9 Å². The summed E-state index contributed by atoms with van der Waals surface area (Å²) in [6.45, 7) is 2.02. The summed E-state index contributed by atoms with van der Waals surface area (Å²) >= 11 is 0. The molecule has 0 bridgehead atoms. The molecule has 0 aliphatic carbocycles. The first-order valence-electron chi connectivity index (χ1n) is 11.1. The van der Waals surface area contributed by atoms with Gasteiger partial charge in [0.15, 0.2) is 17.8 Å². The number of hydrogen-bond donors (Lipinski definition) is 2. The van der Waals surface area contributed by atoms with Crippen molar-refractivity contribution in [3.8, 4) is 11.5 Å². The molecule has 1 heterocycles. The van der Waals surface area contributed by atoms with E-state index in [0.717, 1.165) is 0 Å². The Balaban J connectivity index is 1.89. The van der Waals surface area contributed by atoms with E-state index in [1.54, 1.807) is 14.0 Å². The maximum Gasteiger partial charge on any atom is 0.416 e. The van der Waals surface area contributed by atoms with Crippen molar-refractivity contribution in [3.63, 3.8) is 0 Å². The van der Waals surface area contributed by atoms with Crippen LogP contribution >= 0.6 is 0 Å². The van der Waals surface area contributed by atoms with Crippen LogP contribution < -0.4 is 20.1 Å². The molecule has 3 aromatic rings. The van der Waals surface area contributed by atoms with Gasteiger partial charge in [-0.3, -0.25) is 9.59 Å². The highest BCUT2D eigenvalue weighted by atomic mass is 19.4. The molecule has 3 aromatic carbocycles. The zero-order chi connectivity index (χ0) is 26.9. The molecule has 1 atom stereocenters. The summed E-state index contributed by atoms with van der Waals surface area (Å²) in [5.74, 6) is -2.64. The van der Waals surface area contributed by atoms with Crippen LogP contribution in [-0.2, 0) is 6.18 Å². The minimum absolute atomic E-state index is 0.00858. The summed E-state index contributed by atoms with van der Waals surface area (Å²) in [6.07, 6.45) is -4.39. The predicted molar refractivity (Wildman–Crippen MR) is 124 cm³/mol. The van der Waals surface area contributed by atoms with E-state index >= 15 is 0 Å². The lowest BCUT2D eigenvalue weighted by Crippen LogP contribution is -2.26. The second-order valence-corrected chi connectivity index (χ2v) is 8.30. The normalized spacial score (nSPS) is 13.7. The Kier molecular flexibility index (Phi) is 7.17. The molecule has 0 spiro atoms. The van der Waals surface area contributed by atoms with E-state index in [2.05, 4.69) is 10.6 Å². The first-order valence-corrected chi connectivity index (χ1v) is 11.1. The SMILES string of the molecule is CNC(c1cc(F)ccc1C)c1c(NC(=O)c2cc(F)cc(C(F)(F)F)c2)cc2c(c1C=O)OCCO2. The van der Waals surface area contributed by atoms with Gasteiger partial charge in [-0.05, 0) is 55.4 Å². The summed E-state index contributed by atoms with van der Waals surface area (Å²) < 4.78 is 78.9. The second kappa shape index (κ2) is 10.2. The van der Waals surface area contributed by atoms with Gasteiger partial charge in [-0.15, -0.1) is 0 Å². The molecule has 0 saturated carbocycles. The maximum absolute atomic E-state index is 14.2. The zero-order valence-corrected chi connectivity index (χ0v) is 19.6. The van der Waals surface area contributed by atoms with Crippen LogP contribution in [-0.4, -0.2) is 32.5 Å². The molecule has 2 N–H and O–H groups in total. The van der Waals surface area contributed by atoms with Crippen LogP contribution in [0.5, 0.6) is 11.5 Å². The van der Waals surface area contributed by atoms with E-state index in [0.29, 0.717) is 29.5 Å². The highest BCUT2D eigenvalue weighted by Gasteiger charge is 2.33. The number of alkyl halides is 3. The lowest BCUT2D eigenvalue weighted by Gasteiger charge is -2.28. The Morgan fingerprint density at radius 3 is 2.43 bits per heavy atom. The molecule has 0 fully saturated rings. The summed E-state index contributed by atoms with van der Waals surface area (Å²) in [4.78, 5) is 25.3. The van der Waals surface area contributed by atoms with Gasteiger partial charge in [0.25, 0.3) is 5.91 Å². The topological polar surface area (TPSA) is 76.7 Å².